The number of aliphatic hydroxyl groups excluding tert-OH is 1. The fraction of sp³-hybridized carbons (Fsp3) is 0.645. The fourth-order valence-corrected chi connectivity index (χ4v) is 8.21. The van der Waals surface area contributed by atoms with Crippen molar-refractivity contribution in [1.29, 1.82) is 0 Å². The Bertz CT molecular complexity index is 1100. The van der Waals surface area contributed by atoms with Crippen molar-refractivity contribution in [2.24, 2.45) is 33.7 Å². The third-order valence-electron chi connectivity index (χ3n) is 10.4. The topological polar surface area (TPSA) is 97.2 Å². The second-order valence-corrected chi connectivity index (χ2v) is 12.3. The molecule has 0 heterocycles. The van der Waals surface area contributed by atoms with Crippen LogP contribution in [0.2, 0.25) is 0 Å². The zero-order chi connectivity index (χ0) is 26.9. The number of methoxy groups -OCH3 is 1. The van der Waals surface area contributed by atoms with Crippen LogP contribution in [0.3, 0.4) is 0 Å². The van der Waals surface area contributed by atoms with Gasteiger partial charge in [0, 0.05) is 6.42 Å². The summed E-state index contributed by atoms with van der Waals surface area (Å²) in [5, 5.41) is 17.7. The molecule has 1 aromatic rings. The summed E-state index contributed by atoms with van der Waals surface area (Å²) in [4.78, 5) is 30.2. The summed E-state index contributed by atoms with van der Waals surface area (Å²) < 4.78 is 4.87. The van der Waals surface area contributed by atoms with E-state index in [2.05, 4.69) is 30.4 Å². The maximum absolute atomic E-state index is 12.5. The predicted molar refractivity (Wildman–Crippen MR) is 145 cm³/mol. The van der Waals surface area contributed by atoms with E-state index in [0.29, 0.717) is 24.2 Å². The number of rotatable bonds is 7. The summed E-state index contributed by atoms with van der Waals surface area (Å²) in [5.74, 6) is 1.11. The number of carbonyl (C=O) groups is 2. The lowest BCUT2D eigenvalue weighted by Crippen LogP contribution is -2.51. The van der Waals surface area contributed by atoms with Gasteiger partial charge in [-0.3, -0.25) is 4.79 Å². The number of aliphatic hydroxyl groups is 1. The number of oxime groups is 1. The molecule has 7 nitrogen and oxygen atoms in total. The van der Waals surface area contributed by atoms with Crippen LogP contribution in [-0.4, -0.2) is 48.6 Å². The van der Waals surface area contributed by atoms with E-state index >= 15 is 0 Å². The van der Waals surface area contributed by atoms with Gasteiger partial charge in [-0.15, -0.1) is 0 Å². The van der Waals surface area contributed by atoms with Crippen molar-refractivity contribution < 1.29 is 24.3 Å². The van der Waals surface area contributed by atoms with Crippen LogP contribution < -0.4 is 5.32 Å². The van der Waals surface area contributed by atoms with E-state index in [0.717, 1.165) is 43.4 Å². The molecule has 38 heavy (non-hydrogen) atoms. The number of amides is 1. The molecule has 3 fully saturated rings. The van der Waals surface area contributed by atoms with Gasteiger partial charge in [-0.05, 0) is 91.6 Å². The number of hydrogen-bond donors (Lipinski definition) is 2. The third-order valence-corrected chi connectivity index (χ3v) is 10.4. The molecule has 0 aromatic heterocycles. The summed E-state index contributed by atoms with van der Waals surface area (Å²) >= 11 is 0. The van der Waals surface area contributed by atoms with Crippen LogP contribution in [-0.2, 0) is 25.6 Å². The summed E-state index contributed by atoms with van der Waals surface area (Å²) in [7, 11) is 1.32. The zero-order valence-electron chi connectivity index (χ0n) is 22.9. The Morgan fingerprint density at radius 1 is 1.08 bits per heavy atom. The molecule has 7 atom stereocenters. The largest absolute Gasteiger partial charge is 0.467 e. The molecule has 0 saturated heterocycles. The standard InChI is InChI=1S/C31H42N2O5/c1-30-15-13-22(18-21(30)9-10-23-24-11-12-27(34)31(24,2)16-14-25(23)30)33-38-19-28(35)32-26(29(36)37-3)17-20-7-5-4-6-8-20/h4-8,18,23-27,34H,9-17,19H2,1-3H3,(H,32,35)/t23-,24-,25-,26-,27-,30-,31-/m0/s1. The lowest BCUT2D eigenvalue weighted by atomic mass is 9.47. The van der Waals surface area contributed by atoms with Crippen LogP contribution in [0.5, 0.6) is 0 Å². The van der Waals surface area contributed by atoms with Crippen molar-refractivity contribution in [3.63, 3.8) is 0 Å². The van der Waals surface area contributed by atoms with E-state index in [-0.39, 0.29) is 23.5 Å². The van der Waals surface area contributed by atoms with E-state index < -0.39 is 17.9 Å². The van der Waals surface area contributed by atoms with E-state index in [1.165, 1.54) is 31.9 Å². The van der Waals surface area contributed by atoms with Gasteiger partial charge in [0.25, 0.3) is 5.91 Å². The molecule has 0 unspecified atom stereocenters. The molecule has 0 aliphatic heterocycles. The number of hydrogen-bond acceptors (Lipinski definition) is 6. The van der Waals surface area contributed by atoms with Crippen LogP contribution in [0.25, 0.3) is 0 Å². The zero-order valence-corrected chi connectivity index (χ0v) is 22.9. The maximum Gasteiger partial charge on any atom is 0.328 e. The minimum absolute atomic E-state index is 0.0996. The Kier molecular flexibility index (Phi) is 7.67. The van der Waals surface area contributed by atoms with Gasteiger partial charge < -0.3 is 20.0 Å². The molecule has 7 heteroatoms. The first kappa shape index (κ1) is 26.9. The monoisotopic (exact) mass is 522 g/mol. The van der Waals surface area contributed by atoms with E-state index in [4.69, 9.17) is 9.57 Å². The number of ether oxygens (including phenoxy) is 1. The predicted octanol–water partition coefficient (Wildman–Crippen LogP) is 4.58. The van der Waals surface area contributed by atoms with Gasteiger partial charge in [-0.2, -0.15) is 0 Å². The molecule has 206 valence electrons. The Balaban J connectivity index is 1.18. The molecule has 1 amide bonds. The Morgan fingerprint density at radius 2 is 1.87 bits per heavy atom. The highest BCUT2D eigenvalue weighted by atomic mass is 16.6. The minimum Gasteiger partial charge on any atom is -0.467 e. The first-order valence-corrected chi connectivity index (χ1v) is 14.2. The maximum atomic E-state index is 12.5. The van der Waals surface area contributed by atoms with Gasteiger partial charge in [0.1, 0.15) is 6.04 Å². The van der Waals surface area contributed by atoms with Gasteiger partial charge in [0.15, 0.2) is 6.61 Å². The van der Waals surface area contributed by atoms with E-state index in [1.807, 2.05) is 30.3 Å². The number of carbonyl (C=O) groups excluding carboxylic acids is 2. The Hall–Kier alpha value is -2.67. The van der Waals surface area contributed by atoms with E-state index in [1.54, 1.807) is 0 Å². The quantitative estimate of drug-likeness (QED) is 0.404. The van der Waals surface area contributed by atoms with Gasteiger partial charge in [0.05, 0.1) is 18.9 Å². The molecule has 3 saturated carbocycles. The molecule has 2 N–H and O–H groups in total. The number of fused-ring (bicyclic) bond motifs is 5. The molecule has 0 spiro atoms. The van der Waals surface area contributed by atoms with Gasteiger partial charge >= 0.3 is 5.97 Å². The molecule has 0 radical (unpaired) electrons. The second-order valence-electron chi connectivity index (χ2n) is 12.3. The van der Waals surface area contributed by atoms with Crippen molar-refractivity contribution >= 4 is 17.6 Å². The van der Waals surface area contributed by atoms with Gasteiger partial charge in [0.2, 0.25) is 0 Å². The SMILES string of the molecule is COC(=O)[C@H](Cc1ccccc1)NC(=O)CON=C1C=C2CC[C@H]3[C@@H]4CC[C@H](O)[C@@]4(C)CC[C@@H]3[C@@]2(C)CC1. The van der Waals surface area contributed by atoms with Crippen molar-refractivity contribution in [1.82, 2.24) is 5.32 Å². The number of allylic oxidation sites excluding steroid dienone is 2. The second kappa shape index (κ2) is 10.8. The first-order chi connectivity index (χ1) is 18.2. The van der Waals surface area contributed by atoms with Gasteiger partial charge in [-0.1, -0.05) is 54.9 Å². The lowest BCUT2D eigenvalue weighted by Gasteiger charge is -2.57. The molecule has 1 aromatic carbocycles. The molecular weight excluding hydrogens is 480 g/mol. The Morgan fingerprint density at radius 3 is 2.63 bits per heavy atom. The van der Waals surface area contributed by atoms with Gasteiger partial charge in [-0.25, -0.2) is 4.79 Å². The van der Waals surface area contributed by atoms with Crippen molar-refractivity contribution in [2.45, 2.75) is 83.8 Å². The number of nitrogens with one attached hydrogen (secondary N) is 1. The summed E-state index contributed by atoms with van der Waals surface area (Å²) in [6.45, 7) is 4.52. The summed E-state index contributed by atoms with van der Waals surface area (Å²) in [5.41, 5.74) is 3.56. The Labute approximate surface area is 226 Å². The molecular formula is C31H42N2O5. The van der Waals surface area contributed by atoms with Crippen molar-refractivity contribution in [3.05, 3.63) is 47.5 Å². The average molecular weight is 523 g/mol. The normalized spacial score (nSPS) is 35.8. The molecule has 0 bridgehead atoms. The summed E-state index contributed by atoms with van der Waals surface area (Å²) in [6, 6.07) is 8.73. The highest BCUT2D eigenvalue weighted by molar-refractivity contribution is 5.96. The van der Waals surface area contributed by atoms with Crippen LogP contribution in [0.1, 0.15) is 70.8 Å². The fourth-order valence-electron chi connectivity index (χ4n) is 8.21. The molecule has 5 rings (SSSR count). The van der Waals surface area contributed by atoms with Crippen LogP contribution in [0.4, 0.5) is 0 Å². The summed E-state index contributed by atoms with van der Waals surface area (Å²) in [6.07, 6.45) is 11.0. The highest BCUT2D eigenvalue weighted by Crippen LogP contribution is 2.65. The lowest BCUT2D eigenvalue weighted by molar-refractivity contribution is -0.145. The van der Waals surface area contributed by atoms with Crippen LogP contribution >= 0.6 is 0 Å². The molecule has 4 aliphatic rings. The van der Waals surface area contributed by atoms with Crippen molar-refractivity contribution in [2.75, 3.05) is 13.7 Å². The number of esters is 1. The number of nitrogens with zero attached hydrogens (tertiary/aromatic N) is 1. The number of benzene rings is 1. The van der Waals surface area contributed by atoms with Crippen LogP contribution in [0.15, 0.2) is 47.1 Å². The smallest absolute Gasteiger partial charge is 0.328 e. The average Bonchev–Trinajstić information content (AvgIpc) is 3.22. The molecule has 4 aliphatic carbocycles. The minimum atomic E-state index is -0.780. The van der Waals surface area contributed by atoms with Crippen LogP contribution in [0, 0.1) is 28.6 Å². The third kappa shape index (κ3) is 5.02. The first-order valence-electron chi connectivity index (χ1n) is 14.2. The van der Waals surface area contributed by atoms with E-state index in [9.17, 15) is 14.7 Å². The van der Waals surface area contributed by atoms with Crippen molar-refractivity contribution in [3.8, 4) is 0 Å². The highest BCUT2D eigenvalue weighted by Gasteiger charge is 2.58.